The number of nitrogens with zero attached hydrogens (tertiary/aromatic N) is 1. The summed E-state index contributed by atoms with van der Waals surface area (Å²) in [5.41, 5.74) is 1.28. The van der Waals surface area contributed by atoms with Crippen LogP contribution in [0.2, 0.25) is 0 Å². The van der Waals surface area contributed by atoms with Gasteiger partial charge in [0.25, 0.3) is 6.43 Å². The van der Waals surface area contributed by atoms with Crippen LogP contribution < -0.4 is 0 Å². The summed E-state index contributed by atoms with van der Waals surface area (Å²) in [7, 11) is 0. The molecule has 0 aliphatic carbocycles. The van der Waals surface area contributed by atoms with Gasteiger partial charge in [-0.3, -0.25) is 0 Å². The molecule has 2 rings (SSSR count). The first-order chi connectivity index (χ1) is 6.18. The van der Waals surface area contributed by atoms with Gasteiger partial charge in [0.1, 0.15) is 0 Å². The monoisotopic (exact) mass is 246 g/mol. The van der Waals surface area contributed by atoms with Gasteiger partial charge in [0, 0.05) is 10.0 Å². The van der Waals surface area contributed by atoms with Crippen LogP contribution in [0.3, 0.4) is 0 Å². The molecule has 1 heterocycles. The molecule has 1 aromatic heterocycles. The van der Waals surface area contributed by atoms with E-state index in [1.54, 1.807) is 6.07 Å². The number of hydrogen-bond donors (Lipinski definition) is 1. The average molecular weight is 247 g/mol. The maximum Gasteiger partial charge on any atom is 0.265 e. The highest BCUT2D eigenvalue weighted by atomic mass is 79.9. The minimum atomic E-state index is -2.47. The van der Waals surface area contributed by atoms with Crippen LogP contribution in [-0.2, 0) is 0 Å². The van der Waals surface area contributed by atoms with Gasteiger partial charge in [-0.1, -0.05) is 15.9 Å². The van der Waals surface area contributed by atoms with Gasteiger partial charge in [-0.05, 0) is 12.1 Å². The lowest BCUT2D eigenvalue weighted by Gasteiger charge is -2.02. The first-order valence-corrected chi connectivity index (χ1v) is 4.38. The van der Waals surface area contributed by atoms with E-state index in [2.05, 4.69) is 25.9 Å². The molecular formula is C8H5BrF2N2. The second-order valence-electron chi connectivity index (χ2n) is 2.59. The summed E-state index contributed by atoms with van der Waals surface area (Å²) in [6.07, 6.45) is -0.992. The first kappa shape index (κ1) is 8.62. The van der Waals surface area contributed by atoms with Gasteiger partial charge in [-0.15, -0.1) is 0 Å². The number of aromatic nitrogens is 2. The zero-order chi connectivity index (χ0) is 9.42. The van der Waals surface area contributed by atoms with E-state index in [0.717, 1.165) is 0 Å². The topological polar surface area (TPSA) is 28.7 Å². The summed E-state index contributed by atoms with van der Waals surface area (Å²) < 4.78 is 25.2. The third kappa shape index (κ3) is 1.44. The van der Waals surface area contributed by atoms with E-state index < -0.39 is 6.43 Å². The van der Waals surface area contributed by atoms with Crippen LogP contribution in [-0.4, -0.2) is 9.97 Å². The lowest BCUT2D eigenvalue weighted by molar-refractivity contribution is 0.150. The Morgan fingerprint density at radius 1 is 1.38 bits per heavy atom. The molecule has 0 atom stereocenters. The minimum Gasteiger partial charge on any atom is -0.345 e. The summed E-state index contributed by atoms with van der Waals surface area (Å²) in [6.45, 7) is 0. The molecular weight excluding hydrogens is 242 g/mol. The Kier molecular flexibility index (Phi) is 2.03. The minimum absolute atomic E-state index is 0.0169. The van der Waals surface area contributed by atoms with Gasteiger partial charge in [-0.2, -0.15) is 0 Å². The molecule has 0 fully saturated rings. The van der Waals surface area contributed by atoms with Crippen LogP contribution in [0.25, 0.3) is 11.0 Å². The van der Waals surface area contributed by atoms with Crippen LogP contribution in [0.1, 0.15) is 12.0 Å². The van der Waals surface area contributed by atoms with Crippen LogP contribution in [0.5, 0.6) is 0 Å². The van der Waals surface area contributed by atoms with Crippen molar-refractivity contribution >= 4 is 27.0 Å². The smallest absolute Gasteiger partial charge is 0.265 e. The van der Waals surface area contributed by atoms with Crippen molar-refractivity contribution in [1.82, 2.24) is 9.97 Å². The molecule has 0 bridgehead atoms. The third-order valence-corrected chi connectivity index (χ3v) is 2.46. The fourth-order valence-corrected chi connectivity index (χ4v) is 1.64. The highest BCUT2D eigenvalue weighted by Gasteiger charge is 2.12. The lowest BCUT2D eigenvalue weighted by atomic mass is 10.2. The summed E-state index contributed by atoms with van der Waals surface area (Å²) >= 11 is 3.07. The number of imidazole rings is 1. The predicted octanol–water partition coefficient (Wildman–Crippen LogP) is 3.26. The fraction of sp³-hybridized carbons (Fsp3) is 0.125. The Morgan fingerprint density at radius 2 is 2.15 bits per heavy atom. The number of alkyl halides is 2. The maximum atomic E-state index is 12.4. The van der Waals surface area contributed by atoms with Gasteiger partial charge in [0.05, 0.1) is 17.4 Å². The lowest BCUT2D eigenvalue weighted by Crippen LogP contribution is -1.86. The van der Waals surface area contributed by atoms with Crippen molar-refractivity contribution in [3.63, 3.8) is 0 Å². The number of fused-ring (bicyclic) bond motifs is 1. The van der Waals surface area contributed by atoms with Gasteiger partial charge in [0.15, 0.2) is 0 Å². The Bertz CT molecular complexity index is 439. The maximum absolute atomic E-state index is 12.4. The molecule has 0 aliphatic heterocycles. The third-order valence-electron chi connectivity index (χ3n) is 1.77. The highest BCUT2D eigenvalue weighted by Crippen LogP contribution is 2.30. The molecule has 0 saturated carbocycles. The second kappa shape index (κ2) is 3.06. The number of benzene rings is 1. The van der Waals surface area contributed by atoms with Crippen molar-refractivity contribution in [2.24, 2.45) is 0 Å². The second-order valence-corrected chi connectivity index (χ2v) is 3.45. The first-order valence-electron chi connectivity index (χ1n) is 3.59. The van der Waals surface area contributed by atoms with Crippen molar-refractivity contribution in [1.29, 1.82) is 0 Å². The van der Waals surface area contributed by atoms with Crippen LogP contribution in [0.4, 0.5) is 8.78 Å². The molecule has 13 heavy (non-hydrogen) atoms. The van der Waals surface area contributed by atoms with Crippen molar-refractivity contribution in [3.8, 4) is 0 Å². The van der Waals surface area contributed by atoms with Crippen molar-refractivity contribution in [3.05, 3.63) is 28.5 Å². The SMILES string of the molecule is FC(F)c1cc2[nH]cnc2cc1Br. The Morgan fingerprint density at radius 3 is 2.85 bits per heavy atom. The largest absolute Gasteiger partial charge is 0.345 e. The Labute approximate surface area is 81.1 Å². The van der Waals surface area contributed by atoms with E-state index in [1.165, 1.54) is 12.4 Å². The summed E-state index contributed by atoms with van der Waals surface area (Å²) in [5.74, 6) is 0. The van der Waals surface area contributed by atoms with Crippen molar-refractivity contribution in [2.75, 3.05) is 0 Å². The number of halogens is 3. The normalized spacial score (nSPS) is 11.4. The fourth-order valence-electron chi connectivity index (χ4n) is 1.14. The molecule has 0 spiro atoms. The van der Waals surface area contributed by atoms with E-state index in [0.29, 0.717) is 15.5 Å². The number of aromatic amines is 1. The quantitative estimate of drug-likeness (QED) is 0.823. The van der Waals surface area contributed by atoms with Gasteiger partial charge in [0.2, 0.25) is 0 Å². The molecule has 0 radical (unpaired) electrons. The molecule has 5 heteroatoms. The van der Waals surface area contributed by atoms with Gasteiger partial charge < -0.3 is 4.98 Å². The zero-order valence-electron chi connectivity index (χ0n) is 6.39. The molecule has 0 amide bonds. The Hall–Kier alpha value is -0.970. The van der Waals surface area contributed by atoms with E-state index in [-0.39, 0.29) is 5.56 Å². The van der Waals surface area contributed by atoms with E-state index in [4.69, 9.17) is 0 Å². The van der Waals surface area contributed by atoms with Crippen LogP contribution in [0.15, 0.2) is 22.9 Å². The van der Waals surface area contributed by atoms with E-state index in [1.807, 2.05) is 0 Å². The standard InChI is InChI=1S/C8H5BrF2N2/c9-5-2-7-6(12-3-13-7)1-4(5)8(10)11/h1-3,8H,(H,12,13). The van der Waals surface area contributed by atoms with E-state index >= 15 is 0 Å². The Balaban J connectivity index is 2.69. The number of H-pyrrole nitrogens is 1. The molecule has 0 aliphatic rings. The predicted molar refractivity (Wildman–Crippen MR) is 48.8 cm³/mol. The molecule has 2 nitrogen and oxygen atoms in total. The molecule has 68 valence electrons. The van der Waals surface area contributed by atoms with Crippen molar-refractivity contribution < 1.29 is 8.78 Å². The molecule has 0 saturated heterocycles. The number of rotatable bonds is 1. The van der Waals surface area contributed by atoms with Crippen molar-refractivity contribution in [2.45, 2.75) is 6.43 Å². The summed E-state index contributed by atoms with van der Waals surface area (Å²) in [5, 5.41) is 0. The molecule has 1 aromatic carbocycles. The zero-order valence-corrected chi connectivity index (χ0v) is 7.98. The summed E-state index contributed by atoms with van der Waals surface area (Å²) in [4.78, 5) is 6.73. The van der Waals surface area contributed by atoms with Crippen LogP contribution in [0, 0.1) is 0 Å². The van der Waals surface area contributed by atoms with E-state index in [9.17, 15) is 8.78 Å². The molecule has 2 aromatic rings. The highest BCUT2D eigenvalue weighted by molar-refractivity contribution is 9.10. The molecule has 0 unspecified atom stereocenters. The molecule has 1 N–H and O–H groups in total. The average Bonchev–Trinajstić information content (AvgIpc) is 2.48. The van der Waals surface area contributed by atoms with Gasteiger partial charge in [-0.25, -0.2) is 13.8 Å². The number of nitrogens with one attached hydrogen (secondary N) is 1. The summed E-state index contributed by atoms with van der Waals surface area (Å²) in [6, 6.07) is 2.98. The van der Waals surface area contributed by atoms with Gasteiger partial charge >= 0.3 is 0 Å². The number of hydrogen-bond acceptors (Lipinski definition) is 1. The van der Waals surface area contributed by atoms with Crippen LogP contribution >= 0.6 is 15.9 Å².